The zero-order valence-corrected chi connectivity index (χ0v) is 17.2. The minimum atomic E-state index is -4.28. The van der Waals surface area contributed by atoms with Crippen LogP contribution in [0.15, 0.2) is 42.5 Å². The molecule has 2 heterocycles. The summed E-state index contributed by atoms with van der Waals surface area (Å²) in [5.74, 6) is 0. The van der Waals surface area contributed by atoms with Crippen molar-refractivity contribution < 1.29 is 13.2 Å². The molecule has 29 heavy (non-hydrogen) atoms. The third-order valence-corrected chi connectivity index (χ3v) is 6.37. The van der Waals surface area contributed by atoms with Crippen LogP contribution < -0.4 is 0 Å². The van der Waals surface area contributed by atoms with E-state index in [1.54, 1.807) is 12.1 Å². The van der Waals surface area contributed by atoms with Gasteiger partial charge in [-0.2, -0.15) is 13.2 Å². The average Bonchev–Trinajstić information content (AvgIpc) is 3.02. The highest BCUT2D eigenvalue weighted by Gasteiger charge is 2.30. The molecular formula is C24H27F3N2. The van der Waals surface area contributed by atoms with Crippen LogP contribution in [0.5, 0.6) is 0 Å². The fraction of sp³-hybridized carbons (Fsp3) is 0.417. The zero-order valence-electron chi connectivity index (χ0n) is 17.2. The molecule has 0 saturated carbocycles. The number of fused-ring (bicyclic) bond motifs is 3. The number of benzene rings is 2. The van der Waals surface area contributed by atoms with Crippen molar-refractivity contribution in [1.29, 1.82) is 0 Å². The Hall–Kier alpha value is -2.27. The highest BCUT2D eigenvalue weighted by molar-refractivity contribution is 5.87. The van der Waals surface area contributed by atoms with Crippen molar-refractivity contribution in [1.82, 2.24) is 9.47 Å². The molecule has 1 aromatic heterocycles. The van der Waals surface area contributed by atoms with E-state index in [2.05, 4.69) is 48.6 Å². The second-order valence-electron chi connectivity index (χ2n) is 8.07. The third kappa shape index (κ3) is 3.68. The van der Waals surface area contributed by atoms with Crippen LogP contribution in [0.1, 0.15) is 47.8 Å². The Kier molecular flexibility index (Phi) is 5.19. The maximum atomic E-state index is 12.8. The lowest BCUT2D eigenvalue weighted by Crippen LogP contribution is -2.31. The second kappa shape index (κ2) is 7.52. The third-order valence-electron chi connectivity index (χ3n) is 6.37. The summed E-state index contributed by atoms with van der Waals surface area (Å²) in [6.07, 6.45) is -1.56. The van der Waals surface area contributed by atoms with Gasteiger partial charge in [-0.25, -0.2) is 0 Å². The number of likely N-dealkylation sites (N-methyl/N-ethyl adjacent to an activating group) is 1. The van der Waals surface area contributed by atoms with Crippen molar-refractivity contribution in [2.45, 2.75) is 51.9 Å². The predicted molar refractivity (Wildman–Crippen MR) is 111 cm³/mol. The molecule has 1 atom stereocenters. The van der Waals surface area contributed by atoms with E-state index in [0.29, 0.717) is 12.5 Å². The lowest BCUT2D eigenvalue weighted by Gasteiger charge is -2.31. The average molecular weight is 400 g/mol. The molecule has 3 aromatic rings. The molecule has 154 valence electrons. The van der Waals surface area contributed by atoms with Crippen molar-refractivity contribution in [2.75, 3.05) is 13.6 Å². The van der Waals surface area contributed by atoms with Gasteiger partial charge in [0.25, 0.3) is 0 Å². The van der Waals surface area contributed by atoms with Gasteiger partial charge >= 0.3 is 6.18 Å². The van der Waals surface area contributed by atoms with Crippen molar-refractivity contribution in [3.05, 3.63) is 70.4 Å². The fourth-order valence-electron chi connectivity index (χ4n) is 4.49. The van der Waals surface area contributed by atoms with Crippen molar-refractivity contribution in [3.8, 4) is 0 Å². The second-order valence-corrected chi connectivity index (χ2v) is 8.07. The number of halogens is 3. The normalized spacial score (nSPS) is 17.7. The van der Waals surface area contributed by atoms with Gasteiger partial charge in [-0.05, 0) is 67.8 Å². The highest BCUT2D eigenvalue weighted by Crippen LogP contribution is 2.38. The lowest BCUT2D eigenvalue weighted by molar-refractivity contribution is -0.137. The van der Waals surface area contributed by atoms with Gasteiger partial charge in [-0.15, -0.1) is 0 Å². The molecule has 1 unspecified atom stereocenters. The summed E-state index contributed by atoms with van der Waals surface area (Å²) in [6, 6.07) is 12.7. The standard InChI is InChI=1S/C24H27F3N2/c1-4-17-7-10-21-20(15-17)23-16(2)28(3)13-12-22(23)29(21)14-11-18-5-8-19(9-6-18)24(25,26)27/h5-10,15-16H,4,11-14H2,1-3H3. The van der Waals surface area contributed by atoms with Crippen LogP contribution in [0.2, 0.25) is 0 Å². The summed E-state index contributed by atoms with van der Waals surface area (Å²) in [6.45, 7) is 6.23. The number of hydrogen-bond donors (Lipinski definition) is 0. The molecule has 0 amide bonds. The van der Waals surface area contributed by atoms with E-state index < -0.39 is 11.7 Å². The zero-order chi connectivity index (χ0) is 20.8. The molecule has 0 saturated heterocycles. The molecule has 1 aliphatic heterocycles. The lowest BCUT2D eigenvalue weighted by atomic mass is 9.96. The molecule has 0 radical (unpaired) electrons. The summed E-state index contributed by atoms with van der Waals surface area (Å²) in [5, 5.41) is 1.32. The Morgan fingerprint density at radius 3 is 2.38 bits per heavy atom. The minimum Gasteiger partial charge on any atom is -0.344 e. The number of aryl methyl sites for hydroxylation is 3. The molecule has 0 spiro atoms. The van der Waals surface area contributed by atoms with Crippen LogP contribution in [-0.4, -0.2) is 23.1 Å². The molecule has 2 aromatic carbocycles. The van der Waals surface area contributed by atoms with Crippen LogP contribution >= 0.6 is 0 Å². The Labute approximate surface area is 169 Å². The van der Waals surface area contributed by atoms with Gasteiger partial charge in [0.05, 0.1) is 5.56 Å². The molecule has 0 aliphatic carbocycles. The first-order valence-electron chi connectivity index (χ1n) is 10.3. The van der Waals surface area contributed by atoms with Crippen molar-refractivity contribution in [2.24, 2.45) is 0 Å². The van der Waals surface area contributed by atoms with E-state index in [-0.39, 0.29) is 0 Å². The Morgan fingerprint density at radius 1 is 1.03 bits per heavy atom. The molecular weight excluding hydrogens is 373 g/mol. The number of hydrogen-bond acceptors (Lipinski definition) is 1. The number of alkyl halides is 3. The molecule has 1 aliphatic rings. The number of nitrogens with zero attached hydrogens (tertiary/aromatic N) is 2. The van der Waals surface area contributed by atoms with E-state index in [1.165, 1.54) is 39.9 Å². The Balaban J connectivity index is 1.69. The van der Waals surface area contributed by atoms with Gasteiger partial charge in [0, 0.05) is 42.1 Å². The smallest absolute Gasteiger partial charge is 0.344 e. The predicted octanol–water partition coefficient (Wildman–Crippen LogP) is 6.01. The van der Waals surface area contributed by atoms with Gasteiger partial charge in [0.15, 0.2) is 0 Å². The summed E-state index contributed by atoms with van der Waals surface area (Å²) >= 11 is 0. The van der Waals surface area contributed by atoms with Gasteiger partial charge in [-0.3, -0.25) is 4.90 Å². The Morgan fingerprint density at radius 2 is 1.72 bits per heavy atom. The van der Waals surface area contributed by atoms with Gasteiger partial charge < -0.3 is 4.57 Å². The van der Waals surface area contributed by atoms with E-state index in [0.717, 1.165) is 31.5 Å². The summed E-state index contributed by atoms with van der Waals surface area (Å²) in [7, 11) is 2.17. The van der Waals surface area contributed by atoms with Crippen molar-refractivity contribution in [3.63, 3.8) is 0 Å². The molecule has 5 heteroatoms. The number of aromatic nitrogens is 1. The summed E-state index contributed by atoms with van der Waals surface area (Å²) in [4.78, 5) is 2.39. The van der Waals surface area contributed by atoms with Gasteiger partial charge in [0.2, 0.25) is 0 Å². The fourth-order valence-corrected chi connectivity index (χ4v) is 4.49. The molecule has 0 N–H and O–H groups in total. The van der Waals surface area contributed by atoms with Crippen LogP contribution in [0.3, 0.4) is 0 Å². The summed E-state index contributed by atoms with van der Waals surface area (Å²) in [5.41, 5.74) is 5.71. The van der Waals surface area contributed by atoms with Gasteiger partial charge in [-0.1, -0.05) is 25.1 Å². The Bertz CT molecular complexity index is 1020. The van der Waals surface area contributed by atoms with E-state index in [4.69, 9.17) is 0 Å². The van der Waals surface area contributed by atoms with Crippen LogP contribution in [-0.2, 0) is 32.0 Å². The van der Waals surface area contributed by atoms with E-state index in [9.17, 15) is 13.2 Å². The first-order valence-corrected chi connectivity index (χ1v) is 10.3. The van der Waals surface area contributed by atoms with Crippen LogP contribution in [0.4, 0.5) is 13.2 Å². The summed E-state index contributed by atoms with van der Waals surface area (Å²) < 4.78 is 40.8. The first kappa shape index (κ1) is 20.0. The molecule has 0 bridgehead atoms. The van der Waals surface area contributed by atoms with E-state index >= 15 is 0 Å². The van der Waals surface area contributed by atoms with Gasteiger partial charge in [0.1, 0.15) is 0 Å². The van der Waals surface area contributed by atoms with Crippen LogP contribution in [0, 0.1) is 0 Å². The largest absolute Gasteiger partial charge is 0.416 e. The van der Waals surface area contributed by atoms with Crippen LogP contribution in [0.25, 0.3) is 10.9 Å². The SMILES string of the molecule is CCc1ccc2c(c1)c1c(n2CCc2ccc(C(F)(F)F)cc2)CCN(C)C1C. The quantitative estimate of drug-likeness (QED) is 0.520. The molecule has 0 fully saturated rings. The molecule has 2 nitrogen and oxygen atoms in total. The maximum absolute atomic E-state index is 12.8. The minimum absolute atomic E-state index is 0.362. The molecule has 4 rings (SSSR count). The number of rotatable bonds is 4. The van der Waals surface area contributed by atoms with E-state index in [1.807, 2.05) is 0 Å². The maximum Gasteiger partial charge on any atom is 0.416 e. The van der Waals surface area contributed by atoms with Crippen molar-refractivity contribution >= 4 is 10.9 Å². The first-order chi connectivity index (χ1) is 13.8. The topological polar surface area (TPSA) is 8.17 Å². The monoisotopic (exact) mass is 400 g/mol. The highest BCUT2D eigenvalue weighted by atomic mass is 19.4.